The average molecular weight is 187 g/mol. The van der Waals surface area contributed by atoms with Crippen molar-refractivity contribution in [3.63, 3.8) is 0 Å². The van der Waals surface area contributed by atoms with Crippen molar-refractivity contribution in [2.75, 3.05) is 0 Å². The molecule has 0 aliphatic carbocycles. The molecule has 0 saturated carbocycles. The van der Waals surface area contributed by atoms with E-state index in [0.717, 1.165) is 0 Å². The Morgan fingerprint density at radius 1 is 1.42 bits per heavy atom. The van der Waals surface area contributed by atoms with E-state index < -0.39 is 8.32 Å². The number of amides is 1. The highest BCUT2D eigenvalue weighted by Crippen LogP contribution is 2.00. The van der Waals surface area contributed by atoms with Gasteiger partial charge in [0.05, 0.1) is 0 Å². The Morgan fingerprint density at radius 2 is 1.92 bits per heavy atom. The summed E-state index contributed by atoms with van der Waals surface area (Å²) in [5.41, 5.74) is 3.10. The topological polar surface area (TPSA) is 38.3 Å². The first-order chi connectivity index (χ1) is 5.37. The van der Waals surface area contributed by atoms with Gasteiger partial charge in [0.2, 0.25) is 8.32 Å². The second-order valence-corrected chi connectivity index (χ2v) is 8.05. The van der Waals surface area contributed by atoms with Crippen LogP contribution in [0, 0.1) is 0 Å². The van der Waals surface area contributed by atoms with Crippen LogP contribution >= 0.6 is 0 Å². The highest BCUT2D eigenvalue weighted by atomic mass is 28.4. The molecule has 0 aliphatic rings. The number of hydroxylamine groups is 1. The van der Waals surface area contributed by atoms with Crippen molar-refractivity contribution in [1.29, 1.82) is 0 Å². The standard InChI is InChI=1S/C8H17NO2Si/c1-6-7(2)8(10)9-11-12(3,4)5/h6H,1-5H3,(H,9,10). The minimum atomic E-state index is -1.64. The van der Waals surface area contributed by atoms with Gasteiger partial charge in [-0.25, -0.2) is 5.48 Å². The van der Waals surface area contributed by atoms with Crippen molar-refractivity contribution in [3.8, 4) is 0 Å². The lowest BCUT2D eigenvalue weighted by molar-refractivity contribution is -0.124. The van der Waals surface area contributed by atoms with Gasteiger partial charge in [0.25, 0.3) is 5.91 Å². The van der Waals surface area contributed by atoms with Gasteiger partial charge in [-0.1, -0.05) is 6.08 Å². The summed E-state index contributed by atoms with van der Waals surface area (Å²) in [6.07, 6.45) is 1.75. The van der Waals surface area contributed by atoms with Crippen molar-refractivity contribution in [1.82, 2.24) is 5.48 Å². The Bertz CT molecular complexity index is 194. The van der Waals surface area contributed by atoms with E-state index in [9.17, 15) is 4.79 Å². The minimum Gasteiger partial charge on any atom is -0.320 e. The van der Waals surface area contributed by atoms with Gasteiger partial charge in [0.15, 0.2) is 0 Å². The summed E-state index contributed by atoms with van der Waals surface area (Å²) in [5.74, 6) is -0.153. The van der Waals surface area contributed by atoms with E-state index in [0.29, 0.717) is 5.57 Å². The van der Waals surface area contributed by atoms with Crippen LogP contribution in [-0.4, -0.2) is 14.2 Å². The minimum absolute atomic E-state index is 0.153. The van der Waals surface area contributed by atoms with E-state index in [1.54, 1.807) is 13.0 Å². The van der Waals surface area contributed by atoms with Gasteiger partial charge < -0.3 is 4.53 Å². The first-order valence-electron chi connectivity index (χ1n) is 3.98. The van der Waals surface area contributed by atoms with Crippen LogP contribution in [0.4, 0.5) is 0 Å². The first kappa shape index (κ1) is 11.4. The van der Waals surface area contributed by atoms with Crippen LogP contribution in [-0.2, 0) is 9.32 Å². The molecule has 0 heterocycles. The zero-order valence-corrected chi connectivity index (χ0v) is 9.39. The van der Waals surface area contributed by atoms with Gasteiger partial charge in [-0.2, -0.15) is 0 Å². The fourth-order valence-electron chi connectivity index (χ4n) is 0.411. The molecule has 4 heteroatoms. The molecular weight excluding hydrogens is 170 g/mol. The Morgan fingerprint density at radius 3 is 2.25 bits per heavy atom. The van der Waals surface area contributed by atoms with Crippen molar-refractivity contribution in [2.24, 2.45) is 0 Å². The largest absolute Gasteiger partial charge is 0.320 e. The fourth-order valence-corrected chi connectivity index (χ4v) is 0.810. The lowest BCUT2D eigenvalue weighted by Crippen LogP contribution is -2.37. The van der Waals surface area contributed by atoms with Gasteiger partial charge in [-0.3, -0.25) is 4.79 Å². The maximum absolute atomic E-state index is 11.1. The summed E-state index contributed by atoms with van der Waals surface area (Å²) >= 11 is 0. The molecule has 1 amide bonds. The van der Waals surface area contributed by atoms with Gasteiger partial charge in [0, 0.05) is 5.57 Å². The predicted molar refractivity (Wildman–Crippen MR) is 52.0 cm³/mol. The zero-order valence-electron chi connectivity index (χ0n) is 8.39. The van der Waals surface area contributed by atoms with Crippen molar-refractivity contribution < 1.29 is 9.32 Å². The van der Waals surface area contributed by atoms with Crippen molar-refractivity contribution in [3.05, 3.63) is 11.6 Å². The Kier molecular flexibility index (Phi) is 4.20. The smallest absolute Gasteiger partial charge is 0.269 e. The molecule has 0 atom stereocenters. The Hall–Kier alpha value is -0.613. The van der Waals surface area contributed by atoms with Crippen LogP contribution in [0.25, 0.3) is 0 Å². The van der Waals surface area contributed by atoms with E-state index in [1.807, 2.05) is 26.6 Å². The molecule has 0 rings (SSSR count). The maximum Gasteiger partial charge on any atom is 0.269 e. The fraction of sp³-hybridized carbons (Fsp3) is 0.625. The van der Waals surface area contributed by atoms with Gasteiger partial charge in [-0.05, 0) is 33.5 Å². The second kappa shape index (κ2) is 4.42. The van der Waals surface area contributed by atoms with Crippen molar-refractivity contribution >= 4 is 14.2 Å². The molecule has 0 aliphatic heterocycles. The van der Waals surface area contributed by atoms with E-state index in [1.165, 1.54) is 0 Å². The third-order valence-electron chi connectivity index (χ3n) is 1.24. The number of nitrogens with one attached hydrogen (secondary N) is 1. The molecule has 3 nitrogen and oxygen atoms in total. The lowest BCUT2D eigenvalue weighted by Gasteiger charge is -2.16. The molecule has 1 N–H and O–H groups in total. The average Bonchev–Trinajstić information content (AvgIpc) is 1.97. The summed E-state index contributed by atoms with van der Waals surface area (Å²) in [6, 6.07) is 0. The number of carbonyl (C=O) groups is 1. The highest BCUT2D eigenvalue weighted by molar-refractivity contribution is 6.69. The SMILES string of the molecule is CC=C(C)C(=O)NO[Si](C)(C)C. The molecule has 0 fully saturated rings. The second-order valence-electron chi connectivity index (χ2n) is 3.62. The number of hydrogen-bond acceptors (Lipinski definition) is 2. The van der Waals surface area contributed by atoms with E-state index >= 15 is 0 Å². The molecule has 0 unspecified atom stereocenters. The molecule has 0 aromatic rings. The molecule has 0 spiro atoms. The predicted octanol–water partition coefficient (Wildman–Crippen LogP) is 1.84. The number of carbonyl (C=O) groups excluding carboxylic acids is 1. The quantitative estimate of drug-likeness (QED) is 0.416. The molecule has 70 valence electrons. The number of allylic oxidation sites excluding steroid dienone is 1. The highest BCUT2D eigenvalue weighted by Gasteiger charge is 2.16. The first-order valence-corrected chi connectivity index (χ1v) is 7.39. The van der Waals surface area contributed by atoms with Crippen LogP contribution < -0.4 is 5.48 Å². The Balaban J connectivity index is 3.89. The summed E-state index contributed by atoms with van der Waals surface area (Å²) in [4.78, 5) is 11.1. The number of rotatable bonds is 3. The summed E-state index contributed by atoms with van der Waals surface area (Å²) < 4.78 is 5.21. The van der Waals surface area contributed by atoms with Gasteiger partial charge >= 0.3 is 0 Å². The summed E-state index contributed by atoms with van der Waals surface area (Å²) in [6.45, 7) is 9.61. The number of hydrogen-bond donors (Lipinski definition) is 1. The van der Waals surface area contributed by atoms with Crippen LogP contribution in [0.15, 0.2) is 11.6 Å². The Labute approximate surface area is 74.9 Å². The van der Waals surface area contributed by atoms with E-state index in [-0.39, 0.29) is 5.91 Å². The monoisotopic (exact) mass is 187 g/mol. The van der Waals surface area contributed by atoms with E-state index in [4.69, 9.17) is 4.53 Å². The van der Waals surface area contributed by atoms with Crippen LogP contribution in [0.3, 0.4) is 0 Å². The van der Waals surface area contributed by atoms with Crippen LogP contribution in [0.2, 0.25) is 19.6 Å². The van der Waals surface area contributed by atoms with Crippen LogP contribution in [0.1, 0.15) is 13.8 Å². The van der Waals surface area contributed by atoms with Crippen LogP contribution in [0.5, 0.6) is 0 Å². The molecule has 12 heavy (non-hydrogen) atoms. The third-order valence-corrected chi connectivity index (χ3v) is 1.96. The molecule has 0 radical (unpaired) electrons. The summed E-state index contributed by atoms with van der Waals surface area (Å²) in [5, 5.41) is 0. The zero-order chi connectivity index (χ0) is 9.78. The molecule has 0 aromatic heterocycles. The molecule has 0 bridgehead atoms. The van der Waals surface area contributed by atoms with E-state index in [2.05, 4.69) is 5.48 Å². The van der Waals surface area contributed by atoms with Gasteiger partial charge in [-0.15, -0.1) is 0 Å². The molecule has 0 saturated heterocycles. The van der Waals surface area contributed by atoms with Crippen molar-refractivity contribution in [2.45, 2.75) is 33.5 Å². The molecule has 0 aromatic carbocycles. The summed E-state index contributed by atoms with van der Waals surface area (Å²) in [7, 11) is -1.64. The maximum atomic E-state index is 11.1. The lowest BCUT2D eigenvalue weighted by atomic mass is 10.3. The van der Waals surface area contributed by atoms with Gasteiger partial charge in [0.1, 0.15) is 0 Å². The normalized spacial score (nSPS) is 12.9. The third kappa shape index (κ3) is 5.09. The molecular formula is C8H17NO2Si.